The van der Waals surface area contributed by atoms with Gasteiger partial charge in [-0.25, -0.2) is 4.68 Å². The number of amides is 1. The van der Waals surface area contributed by atoms with Crippen molar-refractivity contribution in [2.24, 2.45) is 0 Å². The van der Waals surface area contributed by atoms with Gasteiger partial charge in [-0.3, -0.25) is 4.79 Å². The lowest BCUT2D eigenvalue weighted by molar-refractivity contribution is -0.123. The van der Waals surface area contributed by atoms with E-state index in [1.54, 1.807) is 4.68 Å². The van der Waals surface area contributed by atoms with Crippen LogP contribution in [0.25, 0.3) is 11.4 Å². The smallest absolute Gasteiger partial charge is 0.246 e. The average molecular weight is 353 g/mol. The molecule has 0 unspecified atom stereocenters. The lowest BCUT2D eigenvalue weighted by Gasteiger charge is -2.12. The zero-order chi connectivity index (χ0) is 17.9. The predicted octanol–water partition coefficient (Wildman–Crippen LogP) is 1.62. The first-order valence-electron chi connectivity index (χ1n) is 8.65. The van der Waals surface area contributed by atoms with Crippen LogP contribution in [0.1, 0.15) is 42.5 Å². The summed E-state index contributed by atoms with van der Waals surface area (Å²) in [5.41, 5.74) is 1.98. The number of benzene rings is 1. The Hall–Kier alpha value is -3.10. The van der Waals surface area contributed by atoms with Crippen LogP contribution in [0.4, 0.5) is 0 Å². The molecular formula is C17H19N7O2. The molecule has 0 bridgehead atoms. The lowest BCUT2D eigenvalue weighted by Crippen LogP contribution is -2.30. The van der Waals surface area contributed by atoms with Crippen molar-refractivity contribution in [3.8, 4) is 11.4 Å². The number of fused-ring (bicyclic) bond motifs is 1. The number of carbonyl (C=O) groups is 1. The quantitative estimate of drug-likeness (QED) is 0.758. The van der Waals surface area contributed by atoms with Gasteiger partial charge in [0.15, 0.2) is 5.82 Å². The van der Waals surface area contributed by atoms with Crippen molar-refractivity contribution in [2.75, 3.05) is 0 Å². The second-order valence-electron chi connectivity index (χ2n) is 6.35. The van der Waals surface area contributed by atoms with E-state index in [1.807, 2.05) is 31.2 Å². The van der Waals surface area contributed by atoms with Crippen LogP contribution in [0.3, 0.4) is 0 Å². The van der Waals surface area contributed by atoms with Crippen molar-refractivity contribution in [1.82, 2.24) is 35.7 Å². The summed E-state index contributed by atoms with van der Waals surface area (Å²) in [7, 11) is 0. The molecule has 1 aliphatic rings. The molecule has 1 N–H and O–H groups in total. The molecule has 1 aliphatic heterocycles. The number of nitrogens with one attached hydrogen (secondary N) is 1. The molecule has 9 heteroatoms. The van der Waals surface area contributed by atoms with Crippen molar-refractivity contribution in [1.29, 1.82) is 0 Å². The topological polar surface area (TPSA) is 112 Å². The van der Waals surface area contributed by atoms with Gasteiger partial charge in [0.1, 0.15) is 0 Å². The summed E-state index contributed by atoms with van der Waals surface area (Å²) < 4.78 is 6.98. The van der Waals surface area contributed by atoms with Gasteiger partial charge < -0.3 is 9.84 Å². The van der Waals surface area contributed by atoms with Crippen LogP contribution < -0.4 is 5.32 Å². The van der Waals surface area contributed by atoms with E-state index in [4.69, 9.17) is 4.52 Å². The number of aryl methyl sites for hydroxylation is 2. The van der Waals surface area contributed by atoms with Crippen LogP contribution >= 0.6 is 0 Å². The number of carbonyl (C=O) groups excluding carboxylic acids is 1. The van der Waals surface area contributed by atoms with E-state index in [1.165, 1.54) is 0 Å². The molecule has 0 aliphatic carbocycles. The van der Waals surface area contributed by atoms with Gasteiger partial charge >= 0.3 is 0 Å². The van der Waals surface area contributed by atoms with Gasteiger partial charge in [-0.05, 0) is 35.8 Å². The lowest BCUT2D eigenvalue weighted by atomic mass is 10.0. The zero-order valence-electron chi connectivity index (χ0n) is 14.4. The Kier molecular flexibility index (Phi) is 4.42. The van der Waals surface area contributed by atoms with E-state index in [-0.39, 0.29) is 18.4 Å². The predicted molar refractivity (Wildman–Crippen MR) is 90.7 cm³/mol. The number of tetrazole rings is 1. The second-order valence-corrected chi connectivity index (χ2v) is 6.35. The van der Waals surface area contributed by atoms with Crippen molar-refractivity contribution >= 4 is 5.91 Å². The van der Waals surface area contributed by atoms with Crippen LogP contribution in [0.2, 0.25) is 0 Å². The SMILES string of the molecule is Cc1ccccc1-c1noc(CNC(=O)[C@H]2CCCCn3nnnc32)n1. The fourth-order valence-corrected chi connectivity index (χ4v) is 3.15. The monoisotopic (exact) mass is 353 g/mol. The Morgan fingerprint density at radius 3 is 3.12 bits per heavy atom. The molecule has 9 nitrogen and oxygen atoms in total. The molecule has 1 aromatic carbocycles. The Labute approximate surface area is 149 Å². The second kappa shape index (κ2) is 7.03. The van der Waals surface area contributed by atoms with Crippen molar-refractivity contribution in [3.63, 3.8) is 0 Å². The third kappa shape index (κ3) is 3.19. The molecule has 26 heavy (non-hydrogen) atoms. The van der Waals surface area contributed by atoms with E-state index < -0.39 is 0 Å². The van der Waals surface area contributed by atoms with Gasteiger partial charge in [0.2, 0.25) is 17.6 Å². The summed E-state index contributed by atoms with van der Waals surface area (Å²) >= 11 is 0. The van der Waals surface area contributed by atoms with Crippen LogP contribution in [-0.2, 0) is 17.9 Å². The largest absolute Gasteiger partial charge is 0.346 e. The van der Waals surface area contributed by atoms with Gasteiger partial charge in [-0.15, -0.1) is 5.10 Å². The van der Waals surface area contributed by atoms with Crippen LogP contribution in [0.15, 0.2) is 28.8 Å². The van der Waals surface area contributed by atoms with Gasteiger partial charge in [-0.1, -0.05) is 35.8 Å². The highest BCUT2D eigenvalue weighted by Gasteiger charge is 2.28. The highest BCUT2D eigenvalue weighted by Crippen LogP contribution is 2.24. The Morgan fingerprint density at radius 2 is 2.23 bits per heavy atom. The van der Waals surface area contributed by atoms with Gasteiger partial charge in [0, 0.05) is 12.1 Å². The minimum absolute atomic E-state index is 0.126. The van der Waals surface area contributed by atoms with E-state index in [9.17, 15) is 4.79 Å². The summed E-state index contributed by atoms with van der Waals surface area (Å²) in [6.45, 7) is 2.91. The maximum absolute atomic E-state index is 12.6. The van der Waals surface area contributed by atoms with Crippen molar-refractivity contribution in [2.45, 2.75) is 45.2 Å². The van der Waals surface area contributed by atoms with Gasteiger partial charge in [0.25, 0.3) is 0 Å². The molecular weight excluding hydrogens is 334 g/mol. The van der Waals surface area contributed by atoms with Crippen molar-refractivity contribution < 1.29 is 9.32 Å². The fourth-order valence-electron chi connectivity index (χ4n) is 3.15. The normalized spacial score (nSPS) is 16.7. The van der Waals surface area contributed by atoms with Crippen LogP contribution in [0.5, 0.6) is 0 Å². The number of hydrogen-bond donors (Lipinski definition) is 1. The molecule has 0 radical (unpaired) electrons. The number of nitrogens with zero attached hydrogens (tertiary/aromatic N) is 6. The Balaban J connectivity index is 1.44. The first-order valence-corrected chi connectivity index (χ1v) is 8.65. The van der Waals surface area contributed by atoms with E-state index >= 15 is 0 Å². The molecule has 0 spiro atoms. The molecule has 3 heterocycles. The molecule has 1 atom stereocenters. The first-order chi connectivity index (χ1) is 12.7. The molecule has 134 valence electrons. The molecule has 0 saturated carbocycles. The maximum atomic E-state index is 12.6. The molecule has 0 saturated heterocycles. The van der Waals surface area contributed by atoms with E-state index in [0.717, 1.165) is 36.9 Å². The highest BCUT2D eigenvalue weighted by atomic mass is 16.5. The minimum atomic E-state index is -0.355. The van der Waals surface area contributed by atoms with Gasteiger partial charge in [-0.2, -0.15) is 4.98 Å². The fraction of sp³-hybridized carbons (Fsp3) is 0.412. The summed E-state index contributed by atoms with van der Waals surface area (Å²) in [5, 5.41) is 18.5. The van der Waals surface area contributed by atoms with E-state index in [2.05, 4.69) is 31.0 Å². The molecule has 3 aromatic rings. The first kappa shape index (κ1) is 16.4. The van der Waals surface area contributed by atoms with Crippen molar-refractivity contribution in [3.05, 3.63) is 41.5 Å². The van der Waals surface area contributed by atoms with Crippen LogP contribution in [-0.4, -0.2) is 36.3 Å². The number of rotatable bonds is 4. The molecule has 2 aromatic heterocycles. The average Bonchev–Trinajstić information content (AvgIpc) is 3.26. The molecule has 0 fully saturated rings. The molecule has 1 amide bonds. The Morgan fingerprint density at radius 1 is 1.35 bits per heavy atom. The Bertz CT molecular complexity index is 917. The van der Waals surface area contributed by atoms with E-state index in [0.29, 0.717) is 17.5 Å². The summed E-state index contributed by atoms with van der Waals surface area (Å²) in [4.78, 5) is 17.0. The minimum Gasteiger partial charge on any atom is -0.346 e. The van der Waals surface area contributed by atoms with Gasteiger partial charge in [0.05, 0.1) is 12.5 Å². The summed E-state index contributed by atoms with van der Waals surface area (Å²) in [6, 6.07) is 7.81. The summed E-state index contributed by atoms with van der Waals surface area (Å²) in [6.07, 6.45) is 2.64. The third-order valence-corrected chi connectivity index (χ3v) is 4.57. The number of hydrogen-bond acceptors (Lipinski definition) is 7. The highest BCUT2D eigenvalue weighted by molar-refractivity contribution is 5.82. The summed E-state index contributed by atoms with van der Waals surface area (Å²) in [5.74, 6) is 1.02. The number of aromatic nitrogens is 6. The maximum Gasteiger partial charge on any atom is 0.246 e. The van der Waals surface area contributed by atoms with Crippen LogP contribution in [0, 0.1) is 6.92 Å². The molecule has 4 rings (SSSR count). The zero-order valence-corrected chi connectivity index (χ0v) is 14.4. The third-order valence-electron chi connectivity index (χ3n) is 4.57. The standard InChI is InChI=1S/C17H19N7O2/c1-11-6-2-3-7-12(11)15-19-14(26-21-15)10-18-17(25)13-8-4-5-9-24-16(13)20-22-23-24/h2-3,6-7,13H,4-5,8-10H2,1H3,(H,18,25)/t13-/m0/s1.